The summed E-state index contributed by atoms with van der Waals surface area (Å²) in [6.45, 7) is 8.53. The van der Waals surface area contributed by atoms with Crippen molar-refractivity contribution in [2.24, 2.45) is 0 Å². The average Bonchev–Trinajstić information content (AvgIpc) is 3.66. The van der Waals surface area contributed by atoms with E-state index in [0.717, 1.165) is 59.8 Å². The number of piperazine rings is 1. The van der Waals surface area contributed by atoms with E-state index in [2.05, 4.69) is 56.5 Å². The van der Waals surface area contributed by atoms with E-state index < -0.39 is 0 Å². The molecule has 4 heterocycles. The van der Waals surface area contributed by atoms with E-state index >= 15 is 0 Å². The second kappa shape index (κ2) is 11.4. The second-order valence-electron chi connectivity index (χ2n) is 11.2. The number of fused-ring (bicyclic) bond motifs is 2. The topological polar surface area (TPSA) is 119 Å². The molecule has 0 spiro atoms. The number of nitrogens with one attached hydrogen (secondary N) is 4. The first-order chi connectivity index (χ1) is 21.5. The highest BCUT2D eigenvalue weighted by atomic mass is 16.5. The highest BCUT2D eigenvalue weighted by molar-refractivity contribution is 5.92. The van der Waals surface area contributed by atoms with Gasteiger partial charge < -0.3 is 25.3 Å². The van der Waals surface area contributed by atoms with Gasteiger partial charge in [0.1, 0.15) is 17.2 Å². The summed E-state index contributed by atoms with van der Waals surface area (Å²) >= 11 is 0. The summed E-state index contributed by atoms with van der Waals surface area (Å²) in [4.78, 5) is 30.4. The Balaban J connectivity index is 1.19. The second-order valence-corrected chi connectivity index (χ2v) is 11.2. The molecule has 3 aromatic heterocycles. The fraction of sp³-hybridized carbons (Fsp3) is 0.242. The van der Waals surface area contributed by atoms with Crippen LogP contribution in [0.4, 0.5) is 28.8 Å². The summed E-state index contributed by atoms with van der Waals surface area (Å²) in [5.41, 5.74) is 4.79. The molecule has 7 rings (SSSR count). The van der Waals surface area contributed by atoms with Gasteiger partial charge in [-0.1, -0.05) is 24.3 Å². The highest BCUT2D eigenvalue weighted by Crippen LogP contribution is 2.34. The standard InChI is InChI=1S/C33H35N9O2/c1-21(2)40-16-18-41(19-17-40)22-12-13-26(29(20-22)44-3)36-33-37-30-24(14-15-34-30)31(38-33)35-25-9-5-7-11-28(25)42-27-10-6-4-8-23(27)32(43)39-42/h4-15,20-21H,16-19H2,1-3H3,(H,39,43)(H3,34,35,36,37,38). The van der Waals surface area contributed by atoms with Gasteiger partial charge in [-0.05, 0) is 56.3 Å². The third-order valence-corrected chi connectivity index (χ3v) is 8.26. The minimum absolute atomic E-state index is 0.144. The van der Waals surface area contributed by atoms with Crippen LogP contribution in [0.1, 0.15) is 13.8 Å². The largest absolute Gasteiger partial charge is 0.494 e. The van der Waals surface area contributed by atoms with E-state index in [0.29, 0.717) is 34.6 Å². The van der Waals surface area contributed by atoms with E-state index in [1.807, 2.05) is 66.9 Å². The van der Waals surface area contributed by atoms with Gasteiger partial charge in [-0.25, -0.2) is 0 Å². The molecule has 11 nitrogen and oxygen atoms in total. The Morgan fingerprint density at radius 2 is 1.66 bits per heavy atom. The zero-order valence-electron chi connectivity index (χ0n) is 25.0. The Morgan fingerprint density at radius 1 is 0.864 bits per heavy atom. The van der Waals surface area contributed by atoms with E-state index in [1.54, 1.807) is 11.8 Å². The number of hydrogen-bond donors (Lipinski definition) is 4. The number of ether oxygens (including phenoxy) is 1. The monoisotopic (exact) mass is 589 g/mol. The van der Waals surface area contributed by atoms with Gasteiger partial charge in [-0.15, -0.1) is 0 Å². The van der Waals surface area contributed by atoms with Crippen molar-refractivity contribution in [2.75, 3.05) is 48.8 Å². The molecule has 1 fully saturated rings. The summed E-state index contributed by atoms with van der Waals surface area (Å²) < 4.78 is 7.59. The van der Waals surface area contributed by atoms with Gasteiger partial charge in [0.2, 0.25) is 5.95 Å². The molecule has 4 N–H and O–H groups in total. The Kier molecular flexibility index (Phi) is 7.15. The fourth-order valence-electron chi connectivity index (χ4n) is 5.86. The smallest absolute Gasteiger partial charge is 0.272 e. The van der Waals surface area contributed by atoms with Crippen LogP contribution in [0.2, 0.25) is 0 Å². The average molecular weight is 590 g/mol. The summed E-state index contributed by atoms with van der Waals surface area (Å²) in [7, 11) is 1.68. The molecule has 6 aromatic rings. The van der Waals surface area contributed by atoms with Crippen molar-refractivity contribution in [3.05, 3.63) is 89.3 Å². The van der Waals surface area contributed by atoms with Crippen LogP contribution in [0.5, 0.6) is 5.75 Å². The minimum atomic E-state index is -0.144. The summed E-state index contributed by atoms with van der Waals surface area (Å²) in [6, 6.07) is 24.0. The van der Waals surface area contributed by atoms with Crippen LogP contribution >= 0.6 is 0 Å². The number of nitrogens with zero attached hydrogens (tertiary/aromatic N) is 5. The Hall–Kier alpha value is -5.29. The number of H-pyrrole nitrogens is 2. The van der Waals surface area contributed by atoms with Crippen LogP contribution in [0, 0.1) is 0 Å². The lowest BCUT2D eigenvalue weighted by molar-refractivity contribution is 0.209. The number of methoxy groups -OCH3 is 1. The van der Waals surface area contributed by atoms with Crippen LogP contribution in [-0.2, 0) is 0 Å². The van der Waals surface area contributed by atoms with Gasteiger partial charge in [0.15, 0.2) is 0 Å². The molecule has 0 amide bonds. The predicted octanol–water partition coefficient (Wildman–Crippen LogP) is 5.62. The molecule has 0 radical (unpaired) electrons. The number of hydrogen-bond acceptors (Lipinski definition) is 8. The molecule has 0 saturated carbocycles. The van der Waals surface area contributed by atoms with Crippen molar-refractivity contribution in [1.82, 2.24) is 29.6 Å². The van der Waals surface area contributed by atoms with E-state index in [4.69, 9.17) is 14.7 Å². The van der Waals surface area contributed by atoms with Crippen LogP contribution in [0.3, 0.4) is 0 Å². The van der Waals surface area contributed by atoms with Crippen LogP contribution in [0.15, 0.2) is 83.8 Å². The molecule has 1 aliphatic heterocycles. The van der Waals surface area contributed by atoms with Crippen LogP contribution in [-0.4, -0.2) is 69.0 Å². The van der Waals surface area contributed by atoms with Crippen molar-refractivity contribution in [3.63, 3.8) is 0 Å². The molecule has 0 unspecified atom stereocenters. The molecule has 224 valence electrons. The zero-order chi connectivity index (χ0) is 30.2. The summed E-state index contributed by atoms with van der Waals surface area (Å²) in [5, 5.41) is 11.3. The van der Waals surface area contributed by atoms with E-state index in [-0.39, 0.29) is 5.56 Å². The van der Waals surface area contributed by atoms with E-state index in [9.17, 15) is 4.79 Å². The molecule has 44 heavy (non-hydrogen) atoms. The molecule has 0 atom stereocenters. The first kappa shape index (κ1) is 27.5. The summed E-state index contributed by atoms with van der Waals surface area (Å²) in [6.07, 6.45) is 1.84. The van der Waals surface area contributed by atoms with Crippen molar-refractivity contribution in [3.8, 4) is 11.4 Å². The number of aromatic nitrogens is 5. The quantitative estimate of drug-likeness (QED) is 0.181. The van der Waals surface area contributed by atoms with Crippen molar-refractivity contribution < 1.29 is 4.74 Å². The lowest BCUT2D eigenvalue weighted by Crippen LogP contribution is -2.48. The molecule has 1 aliphatic rings. The number of anilines is 5. The van der Waals surface area contributed by atoms with Crippen molar-refractivity contribution in [1.29, 1.82) is 0 Å². The van der Waals surface area contributed by atoms with Gasteiger partial charge in [0.05, 0.1) is 40.5 Å². The van der Waals surface area contributed by atoms with E-state index in [1.165, 1.54) is 0 Å². The maximum absolute atomic E-state index is 12.7. The first-order valence-corrected chi connectivity index (χ1v) is 14.8. The molecule has 3 aromatic carbocycles. The lowest BCUT2D eigenvalue weighted by Gasteiger charge is -2.38. The molecule has 11 heteroatoms. The number of rotatable bonds is 8. The highest BCUT2D eigenvalue weighted by Gasteiger charge is 2.21. The Morgan fingerprint density at radius 3 is 2.48 bits per heavy atom. The molecule has 0 bridgehead atoms. The minimum Gasteiger partial charge on any atom is -0.494 e. The number of para-hydroxylation sites is 3. The molecule has 1 saturated heterocycles. The van der Waals surface area contributed by atoms with Crippen molar-refractivity contribution >= 4 is 50.8 Å². The predicted molar refractivity (Wildman–Crippen MR) is 176 cm³/mol. The third-order valence-electron chi connectivity index (χ3n) is 8.26. The number of benzene rings is 3. The van der Waals surface area contributed by atoms with Gasteiger partial charge in [-0.3, -0.25) is 19.5 Å². The summed E-state index contributed by atoms with van der Waals surface area (Å²) in [5.74, 6) is 1.74. The Bertz CT molecular complexity index is 2000. The Labute approximate surface area is 254 Å². The van der Waals surface area contributed by atoms with Gasteiger partial charge in [0.25, 0.3) is 5.56 Å². The van der Waals surface area contributed by atoms with Crippen LogP contribution in [0.25, 0.3) is 27.6 Å². The van der Waals surface area contributed by atoms with Gasteiger partial charge in [0, 0.05) is 50.2 Å². The number of aromatic amines is 2. The fourth-order valence-corrected chi connectivity index (χ4v) is 5.86. The third kappa shape index (κ3) is 5.11. The zero-order valence-corrected chi connectivity index (χ0v) is 25.0. The molecular formula is C33H35N9O2. The maximum Gasteiger partial charge on any atom is 0.272 e. The normalized spacial score (nSPS) is 14.0. The van der Waals surface area contributed by atoms with Crippen molar-refractivity contribution in [2.45, 2.75) is 19.9 Å². The SMILES string of the molecule is COc1cc(N2CCN(C(C)C)CC2)ccc1Nc1nc(Nc2ccccc2-n2[nH]c(=O)c3ccccc32)c2cc[nH]c2n1. The van der Waals surface area contributed by atoms with Gasteiger partial charge in [-0.2, -0.15) is 9.97 Å². The maximum atomic E-state index is 12.7. The first-order valence-electron chi connectivity index (χ1n) is 14.8. The molecule has 0 aliphatic carbocycles. The molecular weight excluding hydrogens is 554 g/mol. The van der Waals surface area contributed by atoms with Gasteiger partial charge >= 0.3 is 0 Å². The van der Waals surface area contributed by atoms with Crippen LogP contribution < -0.4 is 25.8 Å². The lowest BCUT2D eigenvalue weighted by atomic mass is 10.2.